The number of aliphatic hydroxyl groups is 1. The van der Waals surface area contributed by atoms with Gasteiger partial charge in [0.15, 0.2) is 0 Å². The molecule has 1 N–H and O–H groups in total. The number of Topliss-reactive ketones (excluding diaryl/α,β-unsaturated/α-hetero) is 1. The number of carbonyl (C=O) groups is 2. The summed E-state index contributed by atoms with van der Waals surface area (Å²) in [7, 11) is 0.997. The molecule has 0 aromatic heterocycles. The number of rotatable bonds is 4. The van der Waals surface area contributed by atoms with Gasteiger partial charge in [0.2, 0.25) is 5.78 Å². The molecule has 0 aliphatic rings. The average Bonchev–Trinajstić information content (AvgIpc) is 2.36. The second kappa shape index (κ2) is 5.83. The maximum Gasteiger partial charge on any atom is 0.416 e. The van der Waals surface area contributed by atoms with Crippen molar-refractivity contribution in [2.45, 2.75) is 18.7 Å². The molecule has 1 rings (SSSR count). The number of alkyl halides is 3. The van der Waals surface area contributed by atoms with Crippen molar-refractivity contribution in [3.05, 3.63) is 35.4 Å². The number of methoxy groups -OCH3 is 1. The van der Waals surface area contributed by atoms with Crippen molar-refractivity contribution in [1.82, 2.24) is 0 Å². The highest BCUT2D eigenvalue weighted by atomic mass is 19.4. The average molecular weight is 276 g/mol. The lowest BCUT2D eigenvalue weighted by atomic mass is 10.0. The van der Waals surface area contributed by atoms with Crippen molar-refractivity contribution in [2.75, 3.05) is 7.11 Å². The number of hydrogen-bond acceptors (Lipinski definition) is 4. The molecule has 7 heteroatoms. The van der Waals surface area contributed by atoms with Crippen LogP contribution < -0.4 is 0 Å². The molecule has 1 aromatic rings. The van der Waals surface area contributed by atoms with E-state index >= 15 is 0 Å². The van der Waals surface area contributed by atoms with Crippen LogP contribution >= 0.6 is 0 Å². The fraction of sp³-hybridized carbons (Fsp3) is 0.333. The molecule has 0 aliphatic heterocycles. The fourth-order valence-corrected chi connectivity index (χ4v) is 1.41. The van der Waals surface area contributed by atoms with Crippen LogP contribution in [0.3, 0.4) is 0 Å². The second-order valence-corrected chi connectivity index (χ2v) is 3.76. The molecule has 1 unspecified atom stereocenters. The van der Waals surface area contributed by atoms with Crippen LogP contribution in [0.15, 0.2) is 24.3 Å². The van der Waals surface area contributed by atoms with Gasteiger partial charge in [0.1, 0.15) is 0 Å². The van der Waals surface area contributed by atoms with Gasteiger partial charge in [-0.1, -0.05) is 12.1 Å². The zero-order chi connectivity index (χ0) is 14.6. The second-order valence-electron chi connectivity index (χ2n) is 3.76. The van der Waals surface area contributed by atoms with Crippen molar-refractivity contribution in [3.8, 4) is 0 Å². The van der Waals surface area contributed by atoms with Crippen LogP contribution in [0.5, 0.6) is 0 Å². The lowest BCUT2D eigenvalue weighted by Gasteiger charge is -2.12. The van der Waals surface area contributed by atoms with E-state index in [2.05, 4.69) is 4.74 Å². The van der Waals surface area contributed by atoms with E-state index in [1.165, 1.54) is 6.07 Å². The lowest BCUT2D eigenvalue weighted by Crippen LogP contribution is -2.18. The molecule has 19 heavy (non-hydrogen) atoms. The molecule has 0 spiro atoms. The molecule has 1 aromatic carbocycles. The SMILES string of the molecule is COC(=O)C(=O)CC(O)c1cccc(C(F)(F)F)c1. The van der Waals surface area contributed by atoms with E-state index in [1.54, 1.807) is 0 Å². The molecule has 0 heterocycles. The summed E-state index contributed by atoms with van der Waals surface area (Å²) < 4.78 is 41.5. The Hall–Kier alpha value is -1.89. The highest BCUT2D eigenvalue weighted by molar-refractivity contribution is 6.33. The van der Waals surface area contributed by atoms with Crippen LogP contribution in [0.4, 0.5) is 13.2 Å². The minimum Gasteiger partial charge on any atom is -0.463 e. The largest absolute Gasteiger partial charge is 0.463 e. The summed E-state index contributed by atoms with van der Waals surface area (Å²) in [6.07, 6.45) is -6.66. The van der Waals surface area contributed by atoms with Gasteiger partial charge in [-0.15, -0.1) is 0 Å². The van der Waals surface area contributed by atoms with Crippen molar-refractivity contribution in [1.29, 1.82) is 0 Å². The van der Waals surface area contributed by atoms with Gasteiger partial charge in [-0.3, -0.25) is 4.79 Å². The summed E-state index contributed by atoms with van der Waals surface area (Å²) in [5.41, 5.74) is -1.03. The summed E-state index contributed by atoms with van der Waals surface area (Å²) >= 11 is 0. The van der Waals surface area contributed by atoms with Crippen molar-refractivity contribution >= 4 is 11.8 Å². The molecule has 0 bridgehead atoms. The van der Waals surface area contributed by atoms with Gasteiger partial charge in [-0.25, -0.2) is 4.79 Å². The highest BCUT2D eigenvalue weighted by Gasteiger charge is 2.31. The number of benzene rings is 1. The molecule has 4 nitrogen and oxygen atoms in total. The third-order valence-electron chi connectivity index (χ3n) is 2.39. The Kier molecular flexibility index (Phi) is 4.66. The summed E-state index contributed by atoms with van der Waals surface area (Å²) in [4.78, 5) is 22.0. The van der Waals surface area contributed by atoms with E-state index in [-0.39, 0.29) is 5.56 Å². The summed E-state index contributed by atoms with van der Waals surface area (Å²) in [5.74, 6) is -2.15. The fourth-order valence-electron chi connectivity index (χ4n) is 1.41. The zero-order valence-corrected chi connectivity index (χ0v) is 9.90. The summed E-state index contributed by atoms with van der Waals surface area (Å²) in [6.45, 7) is 0. The Labute approximate surface area is 106 Å². The first-order valence-electron chi connectivity index (χ1n) is 5.22. The Morgan fingerprint density at radius 1 is 1.37 bits per heavy atom. The van der Waals surface area contributed by atoms with E-state index in [1.807, 2.05) is 0 Å². The van der Waals surface area contributed by atoms with Crippen LogP contribution in [0.25, 0.3) is 0 Å². The molecule has 1 atom stereocenters. The van der Waals surface area contributed by atoms with Crippen LogP contribution in [-0.4, -0.2) is 24.0 Å². The van der Waals surface area contributed by atoms with Gasteiger partial charge in [0.05, 0.1) is 18.8 Å². The molecule has 0 saturated carbocycles. The molecule has 0 fully saturated rings. The number of hydrogen-bond donors (Lipinski definition) is 1. The highest BCUT2D eigenvalue weighted by Crippen LogP contribution is 2.31. The number of carbonyl (C=O) groups excluding carboxylic acids is 2. The molecule has 104 valence electrons. The quantitative estimate of drug-likeness (QED) is 0.673. The summed E-state index contributed by atoms with van der Waals surface area (Å²) in [6, 6.07) is 3.93. The van der Waals surface area contributed by atoms with Crippen molar-refractivity contribution in [2.24, 2.45) is 0 Å². The van der Waals surface area contributed by atoms with Crippen LogP contribution in [0.2, 0.25) is 0 Å². The van der Waals surface area contributed by atoms with Gasteiger partial charge in [-0.2, -0.15) is 13.2 Å². The van der Waals surface area contributed by atoms with Gasteiger partial charge < -0.3 is 9.84 Å². The molecule has 0 saturated heterocycles. The van der Waals surface area contributed by atoms with E-state index < -0.39 is 36.0 Å². The van der Waals surface area contributed by atoms with Gasteiger partial charge in [-0.05, 0) is 17.7 Å². The number of ether oxygens (including phenoxy) is 1. The Balaban J connectivity index is 2.86. The van der Waals surface area contributed by atoms with E-state index in [0.717, 1.165) is 25.3 Å². The maximum absolute atomic E-state index is 12.5. The van der Waals surface area contributed by atoms with Crippen LogP contribution in [-0.2, 0) is 20.5 Å². The Bertz CT molecular complexity index is 482. The van der Waals surface area contributed by atoms with Crippen molar-refractivity contribution in [3.63, 3.8) is 0 Å². The van der Waals surface area contributed by atoms with Gasteiger partial charge in [0, 0.05) is 6.42 Å². The predicted molar refractivity (Wildman–Crippen MR) is 58.0 cm³/mol. The van der Waals surface area contributed by atoms with E-state index in [0.29, 0.717) is 0 Å². The maximum atomic E-state index is 12.5. The first-order valence-corrected chi connectivity index (χ1v) is 5.22. The molecule has 0 aliphatic carbocycles. The minimum atomic E-state index is -4.54. The normalized spacial score (nSPS) is 12.9. The topological polar surface area (TPSA) is 63.6 Å². The Morgan fingerprint density at radius 3 is 2.53 bits per heavy atom. The van der Waals surface area contributed by atoms with Crippen LogP contribution in [0, 0.1) is 0 Å². The number of aliphatic hydroxyl groups excluding tert-OH is 1. The summed E-state index contributed by atoms with van der Waals surface area (Å²) in [5, 5.41) is 9.63. The molecular formula is C12H11F3O4. The smallest absolute Gasteiger partial charge is 0.416 e. The number of halogens is 3. The van der Waals surface area contributed by atoms with Gasteiger partial charge in [0.25, 0.3) is 0 Å². The molecule has 0 amide bonds. The lowest BCUT2D eigenvalue weighted by molar-refractivity contribution is -0.152. The third kappa shape index (κ3) is 4.06. The first-order chi connectivity index (χ1) is 8.75. The molecular weight excluding hydrogens is 265 g/mol. The van der Waals surface area contributed by atoms with Crippen molar-refractivity contribution < 1.29 is 32.6 Å². The standard InChI is InChI=1S/C12H11F3O4/c1-19-11(18)10(17)6-9(16)7-3-2-4-8(5-7)12(13,14)15/h2-5,9,16H,6H2,1H3. The zero-order valence-electron chi connectivity index (χ0n) is 9.90. The number of esters is 1. The minimum absolute atomic E-state index is 0.0907. The van der Waals surface area contributed by atoms with E-state index in [4.69, 9.17) is 0 Å². The predicted octanol–water partition coefficient (Wildman–Crippen LogP) is 1.87. The van der Waals surface area contributed by atoms with Crippen LogP contribution in [0.1, 0.15) is 23.7 Å². The van der Waals surface area contributed by atoms with Gasteiger partial charge >= 0.3 is 12.1 Å². The van der Waals surface area contributed by atoms with E-state index in [9.17, 15) is 27.9 Å². The number of ketones is 1. The Morgan fingerprint density at radius 2 is 2.00 bits per heavy atom. The first kappa shape index (κ1) is 15.2. The third-order valence-corrected chi connectivity index (χ3v) is 2.39. The monoisotopic (exact) mass is 276 g/mol. The molecule has 0 radical (unpaired) electrons.